The van der Waals surface area contributed by atoms with E-state index in [4.69, 9.17) is 19.0 Å². The number of nitrogens with zero attached hydrogens (tertiary/aromatic N) is 2. The second-order valence-electron chi connectivity index (χ2n) is 3.78. The van der Waals surface area contributed by atoms with E-state index in [1.165, 1.54) is 7.11 Å². The number of nitriles is 1. The van der Waals surface area contributed by atoms with E-state index in [-0.39, 0.29) is 5.49 Å². The molecule has 116 valence electrons. The molecule has 0 radical (unpaired) electrons. The Bertz CT molecular complexity index is 602. The molecule has 0 aromatic heterocycles. The van der Waals surface area contributed by atoms with Crippen molar-refractivity contribution in [1.29, 1.82) is 5.26 Å². The lowest BCUT2D eigenvalue weighted by Crippen LogP contribution is -2.09. The highest BCUT2D eigenvalue weighted by atomic mass is 32.2. The zero-order valence-corrected chi connectivity index (χ0v) is 14.0. The summed E-state index contributed by atoms with van der Waals surface area (Å²) in [5, 5.41) is 8.89. The van der Waals surface area contributed by atoms with Crippen LogP contribution in [0.25, 0.3) is 0 Å². The van der Waals surface area contributed by atoms with E-state index < -0.39 is 18.1 Å². The van der Waals surface area contributed by atoms with Crippen molar-refractivity contribution in [3.63, 3.8) is 0 Å². The van der Waals surface area contributed by atoms with Gasteiger partial charge in [0.2, 0.25) is 6.19 Å². The first-order valence-electron chi connectivity index (χ1n) is 6.40. The van der Waals surface area contributed by atoms with Crippen LogP contribution in [0.3, 0.4) is 0 Å². The van der Waals surface area contributed by atoms with Crippen molar-refractivity contribution >= 4 is 18.1 Å². The van der Waals surface area contributed by atoms with Crippen LogP contribution in [-0.2, 0) is 18.8 Å². The van der Waals surface area contributed by atoms with Gasteiger partial charge in [0.25, 0.3) is 0 Å². The first-order valence-corrected chi connectivity index (χ1v) is 9.45. The van der Waals surface area contributed by atoms with Gasteiger partial charge >= 0.3 is 0 Å². The molecule has 21 heavy (non-hydrogen) atoms. The predicted molar refractivity (Wildman–Crippen MR) is 82.5 cm³/mol. The van der Waals surface area contributed by atoms with Gasteiger partial charge in [0.15, 0.2) is 8.38 Å². The van der Waals surface area contributed by atoms with Gasteiger partial charge in [0, 0.05) is 0 Å². The second kappa shape index (κ2) is 8.96. The van der Waals surface area contributed by atoms with Crippen molar-refractivity contribution in [2.75, 3.05) is 25.8 Å². The summed E-state index contributed by atoms with van der Waals surface area (Å²) in [6.45, 7) is 4.56. The van der Waals surface area contributed by atoms with Gasteiger partial charge in [-0.1, -0.05) is 12.1 Å². The van der Waals surface area contributed by atoms with Crippen LogP contribution in [0.1, 0.15) is 13.8 Å². The average Bonchev–Trinajstić information content (AvgIpc) is 2.48. The van der Waals surface area contributed by atoms with Gasteiger partial charge in [-0.25, -0.2) is 4.21 Å². The maximum atomic E-state index is 13.1. The Labute approximate surface area is 127 Å². The van der Waals surface area contributed by atoms with E-state index in [1.807, 2.05) is 13.8 Å². The number of ether oxygens (including phenoxy) is 1. The van der Waals surface area contributed by atoms with E-state index in [1.54, 1.807) is 30.5 Å². The van der Waals surface area contributed by atoms with Crippen LogP contribution >= 0.6 is 8.38 Å². The second-order valence-corrected chi connectivity index (χ2v) is 7.90. The molecular weight excluding hydrogens is 311 g/mol. The number of hydrogen-bond acceptors (Lipinski definition) is 6. The first-order chi connectivity index (χ1) is 10.1. The number of rotatable bonds is 8. The molecule has 0 spiro atoms. The lowest BCUT2D eigenvalue weighted by atomic mass is 10.3. The highest BCUT2D eigenvalue weighted by molar-refractivity contribution is 7.99. The molecule has 0 aliphatic heterocycles. The SMILES string of the molecule is CCOP(CS(=O)(=NC#N)c1ccccc1OC)OCC. The van der Waals surface area contributed by atoms with Crippen LogP contribution in [0, 0.1) is 11.5 Å². The molecule has 8 heteroatoms. The zero-order chi connectivity index (χ0) is 15.7. The molecule has 1 unspecified atom stereocenters. The smallest absolute Gasteiger partial charge is 0.214 e. The standard InChI is InChI=1S/C13H19N2O4PS/c1-4-18-20(19-5-2)11-21(16,15-10-14)13-9-7-6-8-12(13)17-3/h6-9H,4-5,11H2,1-3H3. The van der Waals surface area contributed by atoms with E-state index >= 15 is 0 Å². The highest BCUT2D eigenvalue weighted by Gasteiger charge is 2.24. The Morgan fingerprint density at radius 1 is 1.29 bits per heavy atom. The molecule has 0 N–H and O–H groups in total. The summed E-state index contributed by atoms with van der Waals surface area (Å²) in [6, 6.07) is 6.83. The van der Waals surface area contributed by atoms with E-state index in [0.717, 1.165) is 0 Å². The van der Waals surface area contributed by atoms with Crippen molar-refractivity contribution < 1.29 is 18.0 Å². The van der Waals surface area contributed by atoms with Gasteiger partial charge in [-0.15, -0.1) is 4.36 Å². The number of para-hydroxylation sites is 1. The minimum atomic E-state index is -2.99. The summed E-state index contributed by atoms with van der Waals surface area (Å²) in [5.74, 6) is 0.435. The summed E-state index contributed by atoms with van der Waals surface area (Å²) >= 11 is 0. The maximum Gasteiger partial charge on any atom is 0.214 e. The summed E-state index contributed by atoms with van der Waals surface area (Å²) in [4.78, 5) is 0.390. The molecule has 0 fully saturated rings. The van der Waals surface area contributed by atoms with Crippen LogP contribution in [0.2, 0.25) is 0 Å². The molecule has 6 nitrogen and oxygen atoms in total. The average molecular weight is 330 g/mol. The predicted octanol–water partition coefficient (Wildman–Crippen LogP) is 3.35. The van der Waals surface area contributed by atoms with Crippen molar-refractivity contribution in [2.24, 2.45) is 4.36 Å². The topological polar surface area (TPSA) is 80.9 Å². The van der Waals surface area contributed by atoms with Crippen LogP contribution in [0.4, 0.5) is 0 Å². The molecular formula is C13H19N2O4PS. The van der Waals surface area contributed by atoms with Gasteiger partial charge < -0.3 is 13.8 Å². The number of benzene rings is 1. The first kappa shape index (κ1) is 17.9. The van der Waals surface area contributed by atoms with Crippen LogP contribution in [0.15, 0.2) is 33.5 Å². The van der Waals surface area contributed by atoms with E-state index in [2.05, 4.69) is 4.36 Å². The fourth-order valence-electron chi connectivity index (χ4n) is 1.64. The van der Waals surface area contributed by atoms with Gasteiger partial charge in [-0.3, -0.25) is 0 Å². The Morgan fingerprint density at radius 2 is 1.90 bits per heavy atom. The monoisotopic (exact) mass is 330 g/mol. The van der Waals surface area contributed by atoms with Crippen molar-refractivity contribution in [2.45, 2.75) is 18.7 Å². The largest absolute Gasteiger partial charge is 0.495 e. The Hall–Kier alpha value is -1.19. The van der Waals surface area contributed by atoms with E-state index in [9.17, 15) is 4.21 Å². The van der Waals surface area contributed by atoms with Crippen molar-refractivity contribution in [1.82, 2.24) is 0 Å². The summed E-state index contributed by atoms with van der Waals surface area (Å²) in [7, 11) is -2.88. The van der Waals surface area contributed by atoms with Crippen molar-refractivity contribution in [3.8, 4) is 11.9 Å². The zero-order valence-electron chi connectivity index (χ0n) is 12.3. The number of hydrogen-bond donors (Lipinski definition) is 0. The quantitative estimate of drug-likeness (QED) is 0.539. The minimum absolute atomic E-state index is 0.0396. The normalized spacial score (nSPS) is 13.5. The van der Waals surface area contributed by atoms with Gasteiger partial charge in [-0.05, 0) is 26.0 Å². The third-order valence-electron chi connectivity index (χ3n) is 2.43. The molecule has 1 atom stereocenters. The van der Waals surface area contributed by atoms with Crippen LogP contribution < -0.4 is 4.74 Å². The lowest BCUT2D eigenvalue weighted by molar-refractivity contribution is 0.272. The molecule has 0 heterocycles. The Kier molecular flexibility index (Phi) is 7.62. The van der Waals surface area contributed by atoms with Gasteiger partial charge in [0.05, 0.1) is 25.2 Å². The van der Waals surface area contributed by atoms with Crippen molar-refractivity contribution in [3.05, 3.63) is 24.3 Å². The van der Waals surface area contributed by atoms with Gasteiger partial charge in [-0.2, -0.15) is 5.26 Å². The molecule has 0 aliphatic rings. The molecule has 1 aromatic rings. The third-order valence-corrected chi connectivity index (χ3v) is 7.16. The molecule has 1 aromatic carbocycles. The van der Waals surface area contributed by atoms with E-state index in [0.29, 0.717) is 23.9 Å². The Morgan fingerprint density at radius 3 is 2.43 bits per heavy atom. The van der Waals surface area contributed by atoms with Crippen LogP contribution in [-0.4, -0.2) is 30.0 Å². The minimum Gasteiger partial charge on any atom is -0.495 e. The maximum absolute atomic E-state index is 13.1. The molecule has 1 rings (SSSR count). The molecule has 0 saturated heterocycles. The summed E-state index contributed by atoms with van der Waals surface area (Å²) in [5.41, 5.74) is 0.0396. The lowest BCUT2D eigenvalue weighted by Gasteiger charge is -2.18. The fourth-order valence-corrected chi connectivity index (χ4v) is 5.80. The molecule has 0 aliphatic carbocycles. The number of methoxy groups -OCH3 is 1. The fraction of sp³-hybridized carbons (Fsp3) is 0.462. The third kappa shape index (κ3) is 4.94. The summed E-state index contributed by atoms with van der Waals surface area (Å²) < 4.78 is 32.9. The van der Waals surface area contributed by atoms with Gasteiger partial charge in [0.1, 0.15) is 21.0 Å². The molecule has 0 saturated carbocycles. The molecule has 0 bridgehead atoms. The summed E-state index contributed by atoms with van der Waals surface area (Å²) in [6.07, 6.45) is 1.64. The Balaban J connectivity index is 3.23. The molecule has 0 amide bonds. The van der Waals surface area contributed by atoms with Crippen LogP contribution in [0.5, 0.6) is 5.75 Å². The highest BCUT2D eigenvalue weighted by Crippen LogP contribution is 2.43.